The van der Waals surface area contributed by atoms with E-state index < -0.39 is 0 Å². The Morgan fingerprint density at radius 3 is 2.57 bits per heavy atom. The number of nitrogens with zero attached hydrogens (tertiary/aromatic N) is 3. The summed E-state index contributed by atoms with van der Waals surface area (Å²) in [5.74, 6) is 0.104. The molecule has 2 aromatic heterocycles. The Hall–Kier alpha value is -2.62. The predicted octanol–water partition coefficient (Wildman–Crippen LogP) is 3.31. The highest BCUT2D eigenvalue weighted by Gasteiger charge is 2.18. The van der Waals surface area contributed by atoms with Gasteiger partial charge in [-0.2, -0.15) is 0 Å². The van der Waals surface area contributed by atoms with Crippen LogP contribution in [-0.4, -0.2) is 26.2 Å². The summed E-state index contributed by atoms with van der Waals surface area (Å²) in [7, 11) is 0. The first-order valence-corrected chi connectivity index (χ1v) is 7.89. The molecule has 3 rings (SSSR count). The van der Waals surface area contributed by atoms with Gasteiger partial charge in [0.2, 0.25) is 5.91 Å². The van der Waals surface area contributed by atoms with Crippen molar-refractivity contribution in [2.45, 2.75) is 32.9 Å². The Morgan fingerprint density at radius 2 is 1.87 bits per heavy atom. The molecule has 0 aliphatic rings. The van der Waals surface area contributed by atoms with Gasteiger partial charge in [0.1, 0.15) is 5.65 Å². The number of benzene rings is 1. The lowest BCUT2D eigenvalue weighted by atomic mass is 10.1. The van der Waals surface area contributed by atoms with E-state index in [1.165, 1.54) is 0 Å². The Balaban J connectivity index is 1.75. The summed E-state index contributed by atoms with van der Waals surface area (Å²) >= 11 is 0. The van der Waals surface area contributed by atoms with Crippen LogP contribution in [0, 0.1) is 0 Å². The van der Waals surface area contributed by atoms with E-state index in [0.717, 1.165) is 16.9 Å². The highest BCUT2D eigenvalue weighted by Crippen LogP contribution is 2.12. The molecule has 0 bridgehead atoms. The second-order valence-corrected chi connectivity index (χ2v) is 5.98. The van der Waals surface area contributed by atoms with Crippen LogP contribution in [-0.2, 0) is 17.8 Å². The summed E-state index contributed by atoms with van der Waals surface area (Å²) in [6, 6.07) is 16.1. The molecular weight excluding hydrogens is 286 g/mol. The van der Waals surface area contributed by atoms with Gasteiger partial charge in [0.15, 0.2) is 0 Å². The van der Waals surface area contributed by atoms with E-state index in [1.807, 2.05) is 84.1 Å². The third-order valence-corrected chi connectivity index (χ3v) is 3.89. The average Bonchev–Trinajstić information content (AvgIpc) is 2.95. The second kappa shape index (κ2) is 6.65. The zero-order chi connectivity index (χ0) is 16.2. The second-order valence-electron chi connectivity index (χ2n) is 5.98. The summed E-state index contributed by atoms with van der Waals surface area (Å²) in [4.78, 5) is 19.1. The van der Waals surface area contributed by atoms with Crippen molar-refractivity contribution < 1.29 is 4.79 Å². The Morgan fingerprint density at radius 1 is 1.13 bits per heavy atom. The number of carbonyl (C=O) groups excluding carboxylic acids is 1. The van der Waals surface area contributed by atoms with Gasteiger partial charge in [0.25, 0.3) is 0 Å². The summed E-state index contributed by atoms with van der Waals surface area (Å²) in [6.45, 7) is 4.72. The highest BCUT2D eigenvalue weighted by molar-refractivity contribution is 5.78. The predicted molar refractivity (Wildman–Crippen MR) is 91.0 cm³/mol. The van der Waals surface area contributed by atoms with Crippen LogP contribution in [0.4, 0.5) is 0 Å². The molecule has 1 amide bonds. The molecule has 2 heterocycles. The standard InChI is InChI=1S/C19H21N3O/c1-15(2)22(13-16-8-4-3-5-9-16)19(23)12-17-14-21-11-7-6-10-18(21)20-17/h3-11,14-15H,12-13H2,1-2H3. The van der Waals surface area contributed by atoms with Gasteiger partial charge in [-0.15, -0.1) is 0 Å². The van der Waals surface area contributed by atoms with Crippen molar-refractivity contribution in [3.05, 3.63) is 72.2 Å². The summed E-state index contributed by atoms with van der Waals surface area (Å²) < 4.78 is 1.94. The van der Waals surface area contributed by atoms with Gasteiger partial charge in [-0.05, 0) is 31.5 Å². The zero-order valence-corrected chi connectivity index (χ0v) is 13.5. The van der Waals surface area contributed by atoms with Crippen LogP contribution < -0.4 is 0 Å². The molecule has 0 aliphatic carbocycles. The van der Waals surface area contributed by atoms with Gasteiger partial charge in [-0.1, -0.05) is 36.4 Å². The van der Waals surface area contributed by atoms with E-state index in [1.54, 1.807) is 0 Å². The number of pyridine rings is 1. The minimum absolute atomic E-state index is 0.104. The maximum Gasteiger partial charge on any atom is 0.229 e. The number of amides is 1. The number of imidazole rings is 1. The van der Waals surface area contributed by atoms with Crippen molar-refractivity contribution in [1.29, 1.82) is 0 Å². The van der Waals surface area contributed by atoms with Crippen LogP contribution in [0.1, 0.15) is 25.1 Å². The van der Waals surface area contributed by atoms with E-state index >= 15 is 0 Å². The number of hydrogen-bond acceptors (Lipinski definition) is 2. The number of hydrogen-bond donors (Lipinski definition) is 0. The molecule has 0 N–H and O–H groups in total. The topological polar surface area (TPSA) is 37.6 Å². The number of aromatic nitrogens is 2. The summed E-state index contributed by atoms with van der Waals surface area (Å²) in [5, 5.41) is 0. The lowest BCUT2D eigenvalue weighted by Gasteiger charge is -2.26. The fraction of sp³-hybridized carbons (Fsp3) is 0.263. The molecule has 0 saturated heterocycles. The van der Waals surface area contributed by atoms with Gasteiger partial charge in [0.05, 0.1) is 12.1 Å². The highest BCUT2D eigenvalue weighted by atomic mass is 16.2. The van der Waals surface area contributed by atoms with E-state index in [-0.39, 0.29) is 11.9 Å². The monoisotopic (exact) mass is 307 g/mol. The molecule has 1 aromatic carbocycles. The molecule has 23 heavy (non-hydrogen) atoms. The summed E-state index contributed by atoms with van der Waals surface area (Å²) in [6.07, 6.45) is 4.20. The Kier molecular flexibility index (Phi) is 4.42. The number of carbonyl (C=O) groups is 1. The van der Waals surface area contributed by atoms with Crippen molar-refractivity contribution >= 4 is 11.6 Å². The molecule has 4 heteroatoms. The van der Waals surface area contributed by atoms with Crippen LogP contribution in [0.3, 0.4) is 0 Å². The first-order valence-electron chi connectivity index (χ1n) is 7.89. The first-order chi connectivity index (χ1) is 11.1. The maximum absolute atomic E-state index is 12.7. The van der Waals surface area contributed by atoms with Gasteiger partial charge in [-0.3, -0.25) is 4.79 Å². The first kappa shape index (κ1) is 15.3. The molecule has 0 unspecified atom stereocenters. The van der Waals surface area contributed by atoms with Crippen molar-refractivity contribution in [1.82, 2.24) is 14.3 Å². The lowest BCUT2D eigenvalue weighted by molar-refractivity contribution is -0.132. The molecule has 0 radical (unpaired) electrons. The van der Waals surface area contributed by atoms with Crippen LogP contribution in [0.5, 0.6) is 0 Å². The van der Waals surface area contributed by atoms with Gasteiger partial charge in [0, 0.05) is 25.0 Å². The molecule has 0 saturated carbocycles. The van der Waals surface area contributed by atoms with E-state index in [9.17, 15) is 4.79 Å². The fourth-order valence-corrected chi connectivity index (χ4v) is 2.67. The molecule has 0 fully saturated rings. The Labute approximate surface area is 136 Å². The minimum Gasteiger partial charge on any atom is -0.336 e. The molecule has 3 aromatic rings. The number of rotatable bonds is 5. The molecule has 4 nitrogen and oxygen atoms in total. The van der Waals surface area contributed by atoms with Crippen molar-refractivity contribution in [3.8, 4) is 0 Å². The normalized spacial score (nSPS) is 11.1. The Bertz CT molecular complexity index is 759. The summed E-state index contributed by atoms with van der Waals surface area (Å²) in [5.41, 5.74) is 2.82. The third-order valence-electron chi connectivity index (χ3n) is 3.89. The van der Waals surface area contributed by atoms with E-state index in [0.29, 0.717) is 13.0 Å². The smallest absolute Gasteiger partial charge is 0.229 e. The molecule has 0 atom stereocenters. The fourth-order valence-electron chi connectivity index (χ4n) is 2.67. The molecular formula is C19H21N3O. The quantitative estimate of drug-likeness (QED) is 0.725. The molecule has 118 valence electrons. The van der Waals surface area contributed by atoms with Crippen molar-refractivity contribution in [2.24, 2.45) is 0 Å². The van der Waals surface area contributed by atoms with Crippen molar-refractivity contribution in [2.75, 3.05) is 0 Å². The SMILES string of the molecule is CC(C)N(Cc1ccccc1)C(=O)Cc1cn2ccccc2n1. The van der Waals surface area contributed by atoms with E-state index in [4.69, 9.17) is 0 Å². The van der Waals surface area contributed by atoms with Crippen LogP contribution in [0.15, 0.2) is 60.9 Å². The largest absolute Gasteiger partial charge is 0.336 e. The van der Waals surface area contributed by atoms with Gasteiger partial charge in [-0.25, -0.2) is 4.98 Å². The minimum atomic E-state index is 0.104. The zero-order valence-electron chi connectivity index (χ0n) is 13.5. The van der Waals surface area contributed by atoms with E-state index in [2.05, 4.69) is 4.98 Å². The van der Waals surface area contributed by atoms with Crippen LogP contribution in [0.25, 0.3) is 5.65 Å². The average molecular weight is 307 g/mol. The van der Waals surface area contributed by atoms with Gasteiger partial charge >= 0.3 is 0 Å². The van der Waals surface area contributed by atoms with Crippen LogP contribution in [0.2, 0.25) is 0 Å². The third kappa shape index (κ3) is 3.59. The van der Waals surface area contributed by atoms with Crippen molar-refractivity contribution in [3.63, 3.8) is 0 Å². The molecule has 0 aliphatic heterocycles. The van der Waals surface area contributed by atoms with Crippen LogP contribution >= 0.6 is 0 Å². The number of fused-ring (bicyclic) bond motifs is 1. The molecule has 0 spiro atoms. The lowest BCUT2D eigenvalue weighted by Crippen LogP contribution is -2.37. The maximum atomic E-state index is 12.7. The van der Waals surface area contributed by atoms with Gasteiger partial charge < -0.3 is 9.30 Å².